The Balaban J connectivity index is 0.000000280. The zero-order valence-corrected chi connectivity index (χ0v) is 9.95. The van der Waals surface area contributed by atoms with Gasteiger partial charge in [-0.2, -0.15) is 5.21 Å². The van der Waals surface area contributed by atoms with E-state index in [-0.39, 0.29) is 0 Å². The minimum Gasteiger partial charge on any atom is -0.210 e. The molecular weight excluding hydrogens is 220 g/mol. The number of hydrogen-bond donors (Lipinski definition) is 1. The number of para-hydroxylation sites is 1. The molecule has 5 heteroatoms. The predicted molar refractivity (Wildman–Crippen MR) is 65.7 cm³/mol. The Kier molecular flexibility index (Phi) is 4.96. The van der Waals surface area contributed by atoms with Crippen LogP contribution < -0.4 is 0 Å². The second-order valence-corrected chi connectivity index (χ2v) is 3.12. The maximum Gasteiger partial charge on any atom is 0.242 e. The molecule has 1 heterocycles. The van der Waals surface area contributed by atoms with Crippen molar-refractivity contribution in [2.75, 3.05) is 0 Å². The monoisotopic (exact) mass is 232 g/mol. The summed E-state index contributed by atoms with van der Waals surface area (Å²) in [4.78, 5) is 0. The zero-order chi connectivity index (χ0) is 11.8. The van der Waals surface area contributed by atoms with Gasteiger partial charge < -0.3 is 0 Å². The molecule has 0 atom stereocenters. The van der Waals surface area contributed by atoms with E-state index in [9.17, 15) is 0 Å². The van der Waals surface area contributed by atoms with Gasteiger partial charge in [0.15, 0.2) is 0 Å². The summed E-state index contributed by atoms with van der Waals surface area (Å²) in [6.07, 6.45) is 0. The molecule has 0 fully saturated rings. The number of hydrogen-bond acceptors (Lipinski definition) is 3. The maximum absolute atomic E-state index is 4.93. The van der Waals surface area contributed by atoms with E-state index in [0.717, 1.165) is 5.69 Å². The van der Waals surface area contributed by atoms with Crippen molar-refractivity contribution < 1.29 is 0 Å². The summed E-state index contributed by atoms with van der Waals surface area (Å²) in [5.41, 5.74) is 0.938. The summed E-state index contributed by atoms with van der Waals surface area (Å²) < 4.78 is 2.07. The SMILES string of the molecule is CC#CC.S=c1nn[nH]n1-c1ccccc1. The molecule has 0 radical (unpaired) electrons. The second kappa shape index (κ2) is 6.53. The lowest BCUT2D eigenvalue weighted by atomic mass is 10.3. The Labute approximate surface area is 99.3 Å². The normalized spacial score (nSPS) is 8.38. The second-order valence-electron chi connectivity index (χ2n) is 2.75. The quantitative estimate of drug-likeness (QED) is 0.606. The molecule has 0 saturated heterocycles. The van der Waals surface area contributed by atoms with Gasteiger partial charge in [0, 0.05) is 0 Å². The van der Waals surface area contributed by atoms with Crippen LogP contribution in [0.2, 0.25) is 0 Å². The summed E-state index contributed by atoms with van der Waals surface area (Å²) in [5.74, 6) is 5.36. The molecule has 0 amide bonds. The van der Waals surface area contributed by atoms with Crippen molar-refractivity contribution in [2.24, 2.45) is 0 Å². The standard InChI is InChI=1S/C7H6N4S.C4H6/c12-7-8-9-10-11(7)6-4-2-1-3-5-6;1-3-4-2/h1-5H,(H,8,10,12);1-2H3. The van der Waals surface area contributed by atoms with Gasteiger partial charge in [-0.15, -0.1) is 11.8 Å². The van der Waals surface area contributed by atoms with Gasteiger partial charge in [0.05, 0.1) is 5.69 Å². The van der Waals surface area contributed by atoms with Gasteiger partial charge in [-0.1, -0.05) is 28.5 Å². The molecular formula is C11H12N4S. The third-order valence-electron chi connectivity index (χ3n) is 1.74. The molecule has 0 aliphatic heterocycles. The van der Waals surface area contributed by atoms with Crippen LogP contribution in [-0.4, -0.2) is 20.2 Å². The van der Waals surface area contributed by atoms with Crippen LogP contribution in [0.15, 0.2) is 30.3 Å². The Morgan fingerprint density at radius 3 is 2.25 bits per heavy atom. The Morgan fingerprint density at radius 1 is 1.19 bits per heavy atom. The average Bonchev–Trinajstić information content (AvgIpc) is 2.77. The number of nitrogens with zero attached hydrogens (tertiary/aromatic N) is 3. The van der Waals surface area contributed by atoms with E-state index in [1.54, 1.807) is 4.68 Å². The molecule has 0 saturated carbocycles. The number of rotatable bonds is 1. The molecule has 1 aromatic heterocycles. The highest BCUT2D eigenvalue weighted by molar-refractivity contribution is 7.71. The van der Waals surface area contributed by atoms with Gasteiger partial charge in [0.1, 0.15) is 0 Å². The first-order valence-electron chi connectivity index (χ1n) is 4.68. The van der Waals surface area contributed by atoms with Crippen molar-refractivity contribution >= 4 is 12.2 Å². The molecule has 2 aromatic rings. The molecule has 2 rings (SSSR count). The molecule has 0 aliphatic carbocycles. The molecule has 1 aromatic carbocycles. The largest absolute Gasteiger partial charge is 0.242 e. The van der Waals surface area contributed by atoms with Crippen LogP contribution in [-0.2, 0) is 0 Å². The number of nitrogens with one attached hydrogen (secondary N) is 1. The smallest absolute Gasteiger partial charge is 0.210 e. The van der Waals surface area contributed by atoms with Crippen LogP contribution >= 0.6 is 12.2 Å². The number of aromatic nitrogens is 4. The zero-order valence-electron chi connectivity index (χ0n) is 9.14. The third-order valence-corrected chi connectivity index (χ3v) is 2.00. The topological polar surface area (TPSA) is 46.5 Å². The van der Waals surface area contributed by atoms with Crippen molar-refractivity contribution in [2.45, 2.75) is 13.8 Å². The van der Waals surface area contributed by atoms with Crippen LogP contribution in [0.1, 0.15) is 13.8 Å². The lowest BCUT2D eigenvalue weighted by Crippen LogP contribution is -1.95. The van der Waals surface area contributed by atoms with E-state index in [1.165, 1.54) is 0 Å². The molecule has 0 bridgehead atoms. The van der Waals surface area contributed by atoms with Gasteiger partial charge in [-0.05, 0) is 38.2 Å². The maximum atomic E-state index is 4.93. The molecule has 0 aliphatic rings. The fourth-order valence-corrected chi connectivity index (χ4v) is 1.13. The summed E-state index contributed by atoms with van der Waals surface area (Å²) in [5, 5.41) is 9.92. The Bertz CT molecular complexity index is 524. The number of benzene rings is 1. The van der Waals surface area contributed by atoms with Gasteiger partial charge in [0.25, 0.3) is 0 Å². The minimum absolute atomic E-state index is 0.432. The van der Waals surface area contributed by atoms with Crippen molar-refractivity contribution in [1.82, 2.24) is 20.2 Å². The first kappa shape index (κ1) is 12.1. The molecule has 0 unspecified atom stereocenters. The average molecular weight is 232 g/mol. The van der Waals surface area contributed by atoms with Crippen molar-refractivity contribution in [1.29, 1.82) is 0 Å². The van der Waals surface area contributed by atoms with Crippen molar-refractivity contribution in [3.05, 3.63) is 35.1 Å². The fourth-order valence-electron chi connectivity index (χ4n) is 0.943. The molecule has 16 heavy (non-hydrogen) atoms. The highest BCUT2D eigenvalue weighted by atomic mass is 32.1. The van der Waals surface area contributed by atoms with E-state index in [1.807, 2.05) is 44.2 Å². The van der Waals surface area contributed by atoms with E-state index in [4.69, 9.17) is 12.2 Å². The van der Waals surface area contributed by atoms with Crippen LogP contribution in [0, 0.1) is 16.6 Å². The number of H-pyrrole nitrogens is 1. The summed E-state index contributed by atoms with van der Waals surface area (Å²) in [6.45, 7) is 3.64. The number of aromatic amines is 1. The van der Waals surface area contributed by atoms with Crippen molar-refractivity contribution in [3.63, 3.8) is 0 Å². The van der Waals surface area contributed by atoms with E-state index in [0.29, 0.717) is 4.77 Å². The van der Waals surface area contributed by atoms with Gasteiger partial charge in [0.2, 0.25) is 4.77 Å². The lowest BCUT2D eigenvalue weighted by Gasteiger charge is -1.97. The van der Waals surface area contributed by atoms with Crippen molar-refractivity contribution in [3.8, 4) is 17.5 Å². The molecule has 1 N–H and O–H groups in total. The highest BCUT2D eigenvalue weighted by Crippen LogP contribution is 2.03. The Morgan fingerprint density at radius 2 is 1.81 bits per heavy atom. The van der Waals surface area contributed by atoms with Crippen LogP contribution in [0.4, 0.5) is 0 Å². The molecule has 4 nitrogen and oxygen atoms in total. The van der Waals surface area contributed by atoms with E-state index >= 15 is 0 Å². The molecule has 82 valence electrons. The van der Waals surface area contributed by atoms with E-state index in [2.05, 4.69) is 27.4 Å². The summed E-state index contributed by atoms with van der Waals surface area (Å²) in [6, 6.07) is 9.65. The van der Waals surface area contributed by atoms with Gasteiger partial charge in [-0.3, -0.25) is 0 Å². The van der Waals surface area contributed by atoms with Crippen LogP contribution in [0.3, 0.4) is 0 Å². The number of tetrazole rings is 1. The van der Waals surface area contributed by atoms with Gasteiger partial charge >= 0.3 is 0 Å². The van der Waals surface area contributed by atoms with E-state index < -0.39 is 0 Å². The lowest BCUT2D eigenvalue weighted by molar-refractivity contribution is 0.786. The van der Waals surface area contributed by atoms with Crippen LogP contribution in [0.25, 0.3) is 5.69 Å². The first-order chi connectivity index (χ1) is 7.79. The highest BCUT2D eigenvalue weighted by Gasteiger charge is 1.95. The predicted octanol–water partition coefficient (Wildman–Crippen LogP) is 2.35. The fraction of sp³-hybridized carbons (Fsp3) is 0.182. The summed E-state index contributed by atoms with van der Waals surface area (Å²) in [7, 11) is 0. The summed E-state index contributed by atoms with van der Waals surface area (Å²) >= 11 is 4.93. The third kappa shape index (κ3) is 3.33. The van der Waals surface area contributed by atoms with Gasteiger partial charge in [-0.25, -0.2) is 4.68 Å². The minimum atomic E-state index is 0.432. The molecule has 0 spiro atoms. The first-order valence-corrected chi connectivity index (χ1v) is 5.09. The van der Waals surface area contributed by atoms with Crippen LogP contribution in [0.5, 0.6) is 0 Å². The Hall–Kier alpha value is -1.93.